The first-order valence-corrected chi connectivity index (χ1v) is 6.24. The zero-order valence-electron chi connectivity index (χ0n) is 10.9. The zero-order valence-corrected chi connectivity index (χ0v) is 11.7. The summed E-state index contributed by atoms with van der Waals surface area (Å²) in [5, 5.41) is 12.6. The molecule has 1 unspecified atom stereocenters. The third-order valence-electron chi connectivity index (χ3n) is 2.66. The minimum Gasteiger partial charge on any atom is -0.393 e. The number of halogens is 1. The quantitative estimate of drug-likeness (QED) is 0.884. The van der Waals surface area contributed by atoms with E-state index >= 15 is 0 Å². The predicted octanol–water partition coefficient (Wildman–Crippen LogP) is 2.88. The van der Waals surface area contributed by atoms with Crippen molar-refractivity contribution in [1.29, 1.82) is 0 Å². The number of benzene rings is 1. The molecule has 0 radical (unpaired) electrons. The van der Waals surface area contributed by atoms with Crippen LogP contribution in [0.2, 0.25) is 5.02 Å². The van der Waals surface area contributed by atoms with Crippen LogP contribution in [0.4, 0.5) is 10.5 Å². The minimum atomic E-state index is -0.405. The molecule has 1 aromatic carbocycles. The largest absolute Gasteiger partial charge is 0.393 e. The molecule has 0 aromatic heterocycles. The summed E-state index contributed by atoms with van der Waals surface area (Å²) in [7, 11) is 1.70. The highest BCUT2D eigenvalue weighted by molar-refractivity contribution is 6.30. The fourth-order valence-electron chi connectivity index (χ4n) is 1.46. The third-order valence-corrected chi connectivity index (χ3v) is 2.89. The molecule has 100 valence electrons. The number of nitrogens with one attached hydrogen (secondary N) is 1. The lowest BCUT2D eigenvalue weighted by Gasteiger charge is -2.19. The summed E-state index contributed by atoms with van der Waals surface area (Å²) in [5.41, 5.74) is 1.66. The molecule has 0 aliphatic carbocycles. The molecular formula is C13H19ClN2O2. The number of anilines is 1. The number of hydrogen-bond donors (Lipinski definition) is 2. The van der Waals surface area contributed by atoms with Gasteiger partial charge in [-0.3, -0.25) is 0 Å². The molecule has 4 nitrogen and oxygen atoms in total. The first-order chi connectivity index (χ1) is 8.40. The summed E-state index contributed by atoms with van der Waals surface area (Å²) in [6.07, 6.45) is 0.154. The molecule has 5 heteroatoms. The molecule has 0 aliphatic heterocycles. The Morgan fingerprint density at radius 1 is 1.56 bits per heavy atom. The maximum absolute atomic E-state index is 11.9. The van der Waals surface area contributed by atoms with Gasteiger partial charge in [-0.25, -0.2) is 4.79 Å². The number of amides is 2. The maximum Gasteiger partial charge on any atom is 0.321 e. The van der Waals surface area contributed by atoms with Gasteiger partial charge in [0, 0.05) is 24.3 Å². The highest BCUT2D eigenvalue weighted by atomic mass is 35.5. The summed E-state index contributed by atoms with van der Waals surface area (Å²) in [5.74, 6) is 0. The van der Waals surface area contributed by atoms with Crippen LogP contribution in [0, 0.1) is 6.92 Å². The highest BCUT2D eigenvalue weighted by Gasteiger charge is 2.10. The van der Waals surface area contributed by atoms with Crippen LogP contribution >= 0.6 is 11.6 Å². The summed E-state index contributed by atoms with van der Waals surface area (Å²) >= 11 is 5.85. The zero-order chi connectivity index (χ0) is 13.7. The molecule has 1 aromatic rings. The van der Waals surface area contributed by atoms with Crippen molar-refractivity contribution in [1.82, 2.24) is 4.90 Å². The normalized spacial score (nSPS) is 12.1. The molecule has 1 atom stereocenters. The van der Waals surface area contributed by atoms with Gasteiger partial charge in [0.25, 0.3) is 0 Å². The summed E-state index contributed by atoms with van der Waals surface area (Å²) in [6, 6.07) is 5.12. The van der Waals surface area contributed by atoms with E-state index < -0.39 is 6.10 Å². The van der Waals surface area contributed by atoms with Crippen LogP contribution in [-0.4, -0.2) is 35.7 Å². The number of carbonyl (C=O) groups excluding carboxylic acids is 1. The van der Waals surface area contributed by atoms with Gasteiger partial charge in [-0.1, -0.05) is 11.6 Å². The Hall–Kier alpha value is -1.26. The van der Waals surface area contributed by atoms with E-state index in [0.717, 1.165) is 11.3 Å². The Morgan fingerprint density at radius 3 is 2.78 bits per heavy atom. The van der Waals surface area contributed by atoms with Crippen LogP contribution in [0.3, 0.4) is 0 Å². The fraction of sp³-hybridized carbons (Fsp3) is 0.462. The molecule has 0 heterocycles. The average molecular weight is 271 g/mol. The molecular weight excluding hydrogens is 252 g/mol. The topological polar surface area (TPSA) is 52.6 Å². The monoisotopic (exact) mass is 270 g/mol. The molecule has 1 rings (SSSR count). The highest BCUT2D eigenvalue weighted by Crippen LogP contribution is 2.19. The smallest absolute Gasteiger partial charge is 0.321 e. The van der Waals surface area contributed by atoms with Gasteiger partial charge in [-0.2, -0.15) is 0 Å². The van der Waals surface area contributed by atoms with Gasteiger partial charge < -0.3 is 15.3 Å². The van der Waals surface area contributed by atoms with Crippen molar-refractivity contribution in [3.8, 4) is 0 Å². The van der Waals surface area contributed by atoms with Gasteiger partial charge in [0.15, 0.2) is 0 Å². The molecule has 2 N–H and O–H groups in total. The Balaban J connectivity index is 2.58. The Bertz CT molecular complexity index is 421. The van der Waals surface area contributed by atoms with E-state index in [1.54, 1.807) is 37.1 Å². The third kappa shape index (κ3) is 4.55. The molecule has 0 saturated heterocycles. The second kappa shape index (κ2) is 6.61. The van der Waals surface area contributed by atoms with Gasteiger partial charge in [0.2, 0.25) is 0 Å². The molecule has 0 spiro atoms. The van der Waals surface area contributed by atoms with Gasteiger partial charge in [0.1, 0.15) is 0 Å². The van der Waals surface area contributed by atoms with Crippen LogP contribution in [0.25, 0.3) is 0 Å². The summed E-state index contributed by atoms with van der Waals surface area (Å²) < 4.78 is 0. The molecule has 0 bridgehead atoms. The molecule has 18 heavy (non-hydrogen) atoms. The van der Waals surface area contributed by atoms with Crippen molar-refractivity contribution in [3.63, 3.8) is 0 Å². The maximum atomic E-state index is 11.9. The Kier molecular flexibility index (Phi) is 5.44. The van der Waals surface area contributed by atoms with E-state index in [2.05, 4.69) is 5.32 Å². The SMILES string of the molecule is Cc1cc(Cl)ccc1NC(=O)N(C)CCC(C)O. The van der Waals surface area contributed by atoms with Gasteiger partial charge in [-0.15, -0.1) is 0 Å². The summed E-state index contributed by atoms with van der Waals surface area (Å²) in [6.45, 7) is 4.10. The Labute approximate surface area is 113 Å². The first kappa shape index (κ1) is 14.8. The lowest BCUT2D eigenvalue weighted by molar-refractivity contribution is 0.167. The van der Waals surface area contributed by atoms with Crippen LogP contribution in [0.15, 0.2) is 18.2 Å². The second-order valence-corrected chi connectivity index (χ2v) is 4.89. The van der Waals surface area contributed by atoms with Crippen molar-refractivity contribution >= 4 is 23.3 Å². The van der Waals surface area contributed by atoms with E-state index in [1.807, 2.05) is 6.92 Å². The van der Waals surface area contributed by atoms with Crippen molar-refractivity contribution in [3.05, 3.63) is 28.8 Å². The number of urea groups is 1. The molecule has 0 saturated carbocycles. The molecule has 0 aliphatic rings. The number of nitrogens with zero attached hydrogens (tertiary/aromatic N) is 1. The van der Waals surface area contributed by atoms with E-state index in [4.69, 9.17) is 11.6 Å². The lowest BCUT2D eigenvalue weighted by Crippen LogP contribution is -2.33. The standard InChI is InChI=1S/C13H19ClN2O2/c1-9-8-11(14)4-5-12(9)15-13(18)16(3)7-6-10(2)17/h4-5,8,10,17H,6-7H2,1-3H3,(H,15,18). The van der Waals surface area contributed by atoms with Crippen LogP contribution in [0.5, 0.6) is 0 Å². The fourth-order valence-corrected chi connectivity index (χ4v) is 1.69. The minimum absolute atomic E-state index is 0.193. The molecule has 0 fully saturated rings. The average Bonchev–Trinajstić information content (AvgIpc) is 2.29. The van der Waals surface area contributed by atoms with Gasteiger partial charge in [-0.05, 0) is 44.0 Å². The van der Waals surface area contributed by atoms with Crippen LogP contribution in [0.1, 0.15) is 18.9 Å². The number of hydrogen-bond acceptors (Lipinski definition) is 2. The first-order valence-electron chi connectivity index (χ1n) is 5.86. The van der Waals surface area contributed by atoms with E-state index in [9.17, 15) is 9.90 Å². The van der Waals surface area contributed by atoms with Crippen molar-refractivity contribution in [2.75, 3.05) is 18.9 Å². The van der Waals surface area contributed by atoms with E-state index in [0.29, 0.717) is 18.0 Å². The van der Waals surface area contributed by atoms with Crippen molar-refractivity contribution < 1.29 is 9.90 Å². The number of aliphatic hydroxyl groups is 1. The van der Waals surface area contributed by atoms with E-state index in [-0.39, 0.29) is 6.03 Å². The number of aliphatic hydroxyl groups excluding tert-OH is 1. The van der Waals surface area contributed by atoms with Gasteiger partial charge >= 0.3 is 6.03 Å². The second-order valence-electron chi connectivity index (χ2n) is 4.45. The number of carbonyl (C=O) groups is 1. The van der Waals surface area contributed by atoms with E-state index in [1.165, 1.54) is 0 Å². The van der Waals surface area contributed by atoms with Gasteiger partial charge in [0.05, 0.1) is 6.10 Å². The summed E-state index contributed by atoms with van der Waals surface area (Å²) in [4.78, 5) is 13.4. The predicted molar refractivity (Wildman–Crippen MR) is 74.1 cm³/mol. The lowest BCUT2D eigenvalue weighted by atomic mass is 10.2. The van der Waals surface area contributed by atoms with Crippen LogP contribution < -0.4 is 5.32 Å². The van der Waals surface area contributed by atoms with Crippen LogP contribution in [-0.2, 0) is 0 Å². The number of aryl methyl sites for hydroxylation is 1. The number of rotatable bonds is 4. The molecule has 2 amide bonds. The van der Waals surface area contributed by atoms with Crippen molar-refractivity contribution in [2.45, 2.75) is 26.4 Å². The van der Waals surface area contributed by atoms with Crippen molar-refractivity contribution in [2.24, 2.45) is 0 Å². The Morgan fingerprint density at radius 2 is 2.22 bits per heavy atom.